The SMILES string of the molecule is CCn1cc(NC(=O)Nc2cc(Cl)ccc2OC)c2ccccc21. The van der Waals surface area contributed by atoms with E-state index in [-0.39, 0.29) is 6.03 Å². The highest BCUT2D eigenvalue weighted by atomic mass is 35.5. The van der Waals surface area contributed by atoms with Gasteiger partial charge in [0.05, 0.1) is 24.0 Å². The number of fused-ring (bicyclic) bond motifs is 1. The summed E-state index contributed by atoms with van der Waals surface area (Å²) in [6, 6.07) is 12.7. The summed E-state index contributed by atoms with van der Waals surface area (Å²) in [5, 5.41) is 7.18. The highest BCUT2D eigenvalue weighted by Crippen LogP contribution is 2.29. The number of carbonyl (C=O) groups is 1. The number of nitrogens with one attached hydrogen (secondary N) is 2. The molecule has 2 amide bonds. The quantitative estimate of drug-likeness (QED) is 0.702. The smallest absolute Gasteiger partial charge is 0.323 e. The molecule has 0 unspecified atom stereocenters. The van der Waals surface area contributed by atoms with Gasteiger partial charge < -0.3 is 19.9 Å². The fraction of sp³-hybridized carbons (Fsp3) is 0.167. The molecular weight excluding hydrogens is 326 g/mol. The van der Waals surface area contributed by atoms with Gasteiger partial charge in [0.2, 0.25) is 0 Å². The van der Waals surface area contributed by atoms with Crippen LogP contribution in [0.4, 0.5) is 16.2 Å². The van der Waals surface area contributed by atoms with Crippen molar-refractivity contribution in [3.05, 3.63) is 53.7 Å². The van der Waals surface area contributed by atoms with Crippen molar-refractivity contribution in [2.24, 2.45) is 0 Å². The van der Waals surface area contributed by atoms with Gasteiger partial charge in [0.25, 0.3) is 0 Å². The van der Waals surface area contributed by atoms with Crippen molar-refractivity contribution >= 4 is 39.9 Å². The molecule has 0 aliphatic heterocycles. The van der Waals surface area contributed by atoms with Gasteiger partial charge in [-0.25, -0.2) is 4.79 Å². The van der Waals surface area contributed by atoms with E-state index in [9.17, 15) is 4.79 Å². The number of carbonyl (C=O) groups excluding carboxylic acids is 1. The van der Waals surface area contributed by atoms with Gasteiger partial charge in [-0.2, -0.15) is 0 Å². The molecule has 3 aromatic rings. The van der Waals surface area contributed by atoms with Crippen LogP contribution >= 0.6 is 11.6 Å². The van der Waals surface area contributed by atoms with Crippen LogP contribution in [0.15, 0.2) is 48.7 Å². The molecule has 0 aliphatic carbocycles. The number of methoxy groups -OCH3 is 1. The molecule has 0 spiro atoms. The maximum Gasteiger partial charge on any atom is 0.323 e. The summed E-state index contributed by atoms with van der Waals surface area (Å²) in [5.41, 5.74) is 2.35. The Hall–Kier alpha value is -2.66. The molecule has 0 radical (unpaired) electrons. The second-order valence-electron chi connectivity index (χ2n) is 5.27. The molecule has 6 heteroatoms. The van der Waals surface area contributed by atoms with Crippen molar-refractivity contribution in [3.8, 4) is 5.75 Å². The standard InChI is InChI=1S/C18H18ClN3O2/c1-3-22-11-15(13-6-4-5-7-16(13)22)21-18(23)20-14-10-12(19)8-9-17(14)24-2/h4-11H,3H2,1-2H3,(H2,20,21,23). The van der Waals surface area contributed by atoms with Crippen LogP contribution < -0.4 is 15.4 Å². The van der Waals surface area contributed by atoms with Crippen molar-refractivity contribution < 1.29 is 9.53 Å². The zero-order valence-corrected chi connectivity index (χ0v) is 14.2. The zero-order chi connectivity index (χ0) is 17.1. The lowest BCUT2D eigenvalue weighted by Gasteiger charge is -2.11. The van der Waals surface area contributed by atoms with Crippen LogP contribution in [0.5, 0.6) is 5.75 Å². The van der Waals surface area contributed by atoms with E-state index in [0.29, 0.717) is 16.5 Å². The van der Waals surface area contributed by atoms with E-state index in [1.807, 2.05) is 30.5 Å². The highest BCUT2D eigenvalue weighted by molar-refractivity contribution is 6.31. The summed E-state index contributed by atoms with van der Waals surface area (Å²) in [4.78, 5) is 12.4. The third-order valence-corrected chi connectivity index (χ3v) is 4.02. The molecule has 5 nitrogen and oxygen atoms in total. The van der Waals surface area contributed by atoms with Crippen molar-refractivity contribution in [1.82, 2.24) is 4.57 Å². The van der Waals surface area contributed by atoms with Gasteiger partial charge in [-0.15, -0.1) is 0 Å². The number of hydrogen-bond donors (Lipinski definition) is 2. The average molecular weight is 344 g/mol. The van der Waals surface area contributed by atoms with Crippen LogP contribution in [0.2, 0.25) is 5.02 Å². The number of anilines is 2. The Kier molecular flexibility index (Phi) is 4.62. The number of benzene rings is 2. The number of ether oxygens (including phenoxy) is 1. The lowest BCUT2D eigenvalue weighted by atomic mass is 10.2. The lowest BCUT2D eigenvalue weighted by molar-refractivity contribution is 0.262. The molecular formula is C18H18ClN3O2. The summed E-state index contributed by atoms with van der Waals surface area (Å²) in [5.74, 6) is 0.547. The van der Waals surface area contributed by atoms with Gasteiger partial charge >= 0.3 is 6.03 Å². The molecule has 1 aromatic heterocycles. The number of hydrogen-bond acceptors (Lipinski definition) is 2. The molecule has 0 bridgehead atoms. The minimum Gasteiger partial charge on any atom is -0.495 e. The number of aryl methyl sites for hydroxylation is 1. The third kappa shape index (κ3) is 3.16. The van der Waals surface area contributed by atoms with Gasteiger partial charge in [-0.05, 0) is 31.2 Å². The molecule has 2 N–H and O–H groups in total. The monoisotopic (exact) mass is 343 g/mol. The molecule has 0 fully saturated rings. The minimum absolute atomic E-state index is 0.352. The van der Waals surface area contributed by atoms with Crippen molar-refractivity contribution in [1.29, 1.82) is 0 Å². The van der Waals surface area contributed by atoms with E-state index in [0.717, 1.165) is 23.1 Å². The van der Waals surface area contributed by atoms with Gasteiger partial charge in [0, 0.05) is 23.2 Å². The van der Waals surface area contributed by atoms with Crippen LogP contribution in [0.25, 0.3) is 10.9 Å². The van der Waals surface area contributed by atoms with Gasteiger partial charge in [-0.3, -0.25) is 0 Å². The van der Waals surface area contributed by atoms with Crippen LogP contribution in [0.3, 0.4) is 0 Å². The van der Waals surface area contributed by atoms with Crippen LogP contribution in [0.1, 0.15) is 6.92 Å². The number of amides is 2. The van der Waals surface area contributed by atoms with E-state index >= 15 is 0 Å². The first-order chi connectivity index (χ1) is 11.6. The number of rotatable bonds is 4. The first-order valence-electron chi connectivity index (χ1n) is 7.61. The average Bonchev–Trinajstić information content (AvgIpc) is 2.93. The molecule has 2 aromatic carbocycles. The van der Waals surface area contributed by atoms with Crippen molar-refractivity contribution in [2.75, 3.05) is 17.7 Å². The van der Waals surface area contributed by atoms with E-state index < -0.39 is 0 Å². The van der Waals surface area contributed by atoms with Gasteiger partial charge in [0.1, 0.15) is 5.75 Å². The molecule has 0 saturated carbocycles. The zero-order valence-electron chi connectivity index (χ0n) is 13.5. The van der Waals surface area contributed by atoms with E-state index in [2.05, 4.69) is 22.1 Å². The first-order valence-corrected chi connectivity index (χ1v) is 7.99. The molecule has 24 heavy (non-hydrogen) atoms. The normalized spacial score (nSPS) is 10.6. The van der Waals surface area contributed by atoms with Crippen LogP contribution in [-0.4, -0.2) is 17.7 Å². The Labute approximate surface area is 145 Å². The lowest BCUT2D eigenvalue weighted by Crippen LogP contribution is -2.19. The molecule has 3 rings (SSSR count). The summed E-state index contributed by atoms with van der Waals surface area (Å²) in [6.45, 7) is 2.89. The molecule has 1 heterocycles. The Morgan fingerprint density at radius 1 is 1.17 bits per heavy atom. The second kappa shape index (κ2) is 6.84. The van der Waals surface area contributed by atoms with Crippen molar-refractivity contribution in [3.63, 3.8) is 0 Å². The predicted molar refractivity (Wildman–Crippen MR) is 98.3 cm³/mol. The van der Waals surface area contributed by atoms with Crippen LogP contribution in [0, 0.1) is 0 Å². The number of nitrogens with zero attached hydrogens (tertiary/aromatic N) is 1. The van der Waals surface area contributed by atoms with Crippen molar-refractivity contribution in [2.45, 2.75) is 13.5 Å². The Bertz CT molecular complexity index is 889. The summed E-state index contributed by atoms with van der Waals surface area (Å²) >= 11 is 5.99. The minimum atomic E-state index is -0.352. The van der Waals surface area contributed by atoms with E-state index in [4.69, 9.17) is 16.3 Å². The van der Waals surface area contributed by atoms with E-state index in [1.165, 1.54) is 0 Å². The molecule has 0 aliphatic rings. The maximum absolute atomic E-state index is 12.4. The maximum atomic E-state index is 12.4. The molecule has 124 valence electrons. The number of para-hydroxylation sites is 1. The highest BCUT2D eigenvalue weighted by Gasteiger charge is 2.12. The predicted octanol–water partition coefficient (Wildman–Crippen LogP) is 4.97. The number of urea groups is 1. The summed E-state index contributed by atoms with van der Waals surface area (Å²) < 4.78 is 7.33. The van der Waals surface area contributed by atoms with Crippen LogP contribution in [-0.2, 0) is 6.54 Å². The van der Waals surface area contributed by atoms with E-state index in [1.54, 1.807) is 25.3 Å². The first kappa shape index (κ1) is 16.2. The summed E-state index contributed by atoms with van der Waals surface area (Å²) in [7, 11) is 1.54. The largest absolute Gasteiger partial charge is 0.495 e. The fourth-order valence-electron chi connectivity index (χ4n) is 2.66. The Morgan fingerprint density at radius 3 is 2.67 bits per heavy atom. The number of halogens is 1. The number of aromatic nitrogens is 1. The Balaban J connectivity index is 1.85. The third-order valence-electron chi connectivity index (χ3n) is 3.79. The topological polar surface area (TPSA) is 55.3 Å². The second-order valence-corrected chi connectivity index (χ2v) is 5.71. The summed E-state index contributed by atoms with van der Waals surface area (Å²) in [6.07, 6.45) is 1.93. The van der Waals surface area contributed by atoms with Gasteiger partial charge in [-0.1, -0.05) is 29.8 Å². The molecule has 0 saturated heterocycles. The Morgan fingerprint density at radius 2 is 1.92 bits per heavy atom. The fourth-order valence-corrected chi connectivity index (χ4v) is 2.83. The molecule has 0 atom stereocenters. The van der Waals surface area contributed by atoms with Gasteiger partial charge in [0.15, 0.2) is 0 Å².